The van der Waals surface area contributed by atoms with Gasteiger partial charge in [0.2, 0.25) is 11.8 Å². The second-order valence-electron chi connectivity index (χ2n) is 6.16. The topological polar surface area (TPSA) is 96.1 Å². The summed E-state index contributed by atoms with van der Waals surface area (Å²) in [5.74, 6) is 0.394. The standard InChI is InChI=1S/C18H22N4O3/c1-25-15-5-2-12(3-6-15)9-19-17(23)11-20-18(24)13-4-7-16-14(8-13)10-21-22-16/h2-3,5-6,10,13H,4,7-9,11H2,1H3,(H,19,23)(H,20,24)(H,21,22). The molecule has 3 N–H and O–H groups in total. The van der Waals surface area contributed by atoms with Gasteiger partial charge < -0.3 is 15.4 Å². The largest absolute Gasteiger partial charge is 0.497 e. The van der Waals surface area contributed by atoms with Crippen LogP contribution in [-0.4, -0.2) is 35.7 Å². The van der Waals surface area contributed by atoms with Gasteiger partial charge >= 0.3 is 0 Å². The highest BCUT2D eigenvalue weighted by Gasteiger charge is 2.25. The van der Waals surface area contributed by atoms with Gasteiger partial charge in [-0.1, -0.05) is 12.1 Å². The van der Waals surface area contributed by atoms with E-state index in [9.17, 15) is 9.59 Å². The molecule has 1 aliphatic carbocycles. The van der Waals surface area contributed by atoms with Crippen LogP contribution in [0.25, 0.3) is 0 Å². The molecule has 7 nitrogen and oxygen atoms in total. The first kappa shape index (κ1) is 17.0. The Kier molecular flexibility index (Phi) is 5.33. The summed E-state index contributed by atoms with van der Waals surface area (Å²) < 4.78 is 5.09. The summed E-state index contributed by atoms with van der Waals surface area (Å²) >= 11 is 0. The molecule has 0 aliphatic heterocycles. The number of carbonyl (C=O) groups excluding carboxylic acids is 2. The molecular weight excluding hydrogens is 320 g/mol. The minimum atomic E-state index is -0.205. The van der Waals surface area contributed by atoms with Gasteiger partial charge in [0.1, 0.15) is 5.75 Å². The second kappa shape index (κ2) is 7.83. The number of aryl methyl sites for hydroxylation is 1. The van der Waals surface area contributed by atoms with Crippen LogP contribution in [0, 0.1) is 5.92 Å². The number of rotatable bonds is 6. The van der Waals surface area contributed by atoms with Crippen molar-refractivity contribution in [3.8, 4) is 5.75 Å². The molecule has 132 valence electrons. The van der Waals surface area contributed by atoms with Crippen molar-refractivity contribution in [2.24, 2.45) is 5.92 Å². The van der Waals surface area contributed by atoms with Gasteiger partial charge in [-0.2, -0.15) is 5.10 Å². The molecule has 1 aromatic carbocycles. The van der Waals surface area contributed by atoms with Gasteiger partial charge in [0.25, 0.3) is 0 Å². The van der Waals surface area contributed by atoms with Crippen molar-refractivity contribution >= 4 is 11.8 Å². The molecule has 2 amide bonds. The maximum atomic E-state index is 12.2. The van der Waals surface area contributed by atoms with Crippen molar-refractivity contribution in [1.29, 1.82) is 0 Å². The van der Waals surface area contributed by atoms with Gasteiger partial charge in [0.05, 0.1) is 19.9 Å². The van der Waals surface area contributed by atoms with Crippen LogP contribution in [0.2, 0.25) is 0 Å². The molecule has 1 atom stereocenters. The van der Waals surface area contributed by atoms with E-state index in [0.29, 0.717) is 13.0 Å². The molecule has 0 saturated carbocycles. The summed E-state index contributed by atoms with van der Waals surface area (Å²) in [4.78, 5) is 24.2. The van der Waals surface area contributed by atoms with Crippen LogP contribution < -0.4 is 15.4 Å². The van der Waals surface area contributed by atoms with E-state index in [1.165, 1.54) is 0 Å². The van der Waals surface area contributed by atoms with E-state index in [-0.39, 0.29) is 24.3 Å². The molecule has 0 spiro atoms. The van der Waals surface area contributed by atoms with Crippen LogP contribution in [0.1, 0.15) is 23.2 Å². The smallest absolute Gasteiger partial charge is 0.239 e. The number of hydrogen-bond donors (Lipinski definition) is 3. The summed E-state index contributed by atoms with van der Waals surface area (Å²) in [7, 11) is 1.61. The molecule has 0 radical (unpaired) electrons. The summed E-state index contributed by atoms with van der Waals surface area (Å²) in [5.41, 5.74) is 3.18. The number of methoxy groups -OCH3 is 1. The average Bonchev–Trinajstić information content (AvgIpc) is 3.12. The predicted octanol–water partition coefficient (Wildman–Crippen LogP) is 0.956. The Labute approximate surface area is 146 Å². The van der Waals surface area contributed by atoms with Crippen molar-refractivity contribution < 1.29 is 14.3 Å². The maximum absolute atomic E-state index is 12.2. The lowest BCUT2D eigenvalue weighted by Gasteiger charge is -2.20. The number of benzene rings is 1. The lowest BCUT2D eigenvalue weighted by molar-refractivity contribution is -0.128. The Balaban J connectivity index is 1.40. The lowest BCUT2D eigenvalue weighted by Crippen LogP contribution is -2.40. The average molecular weight is 342 g/mol. The predicted molar refractivity (Wildman–Crippen MR) is 92.0 cm³/mol. The molecule has 0 saturated heterocycles. The molecule has 7 heteroatoms. The van der Waals surface area contributed by atoms with Gasteiger partial charge in [-0.15, -0.1) is 0 Å². The van der Waals surface area contributed by atoms with E-state index in [2.05, 4.69) is 20.8 Å². The van der Waals surface area contributed by atoms with Crippen LogP contribution in [-0.2, 0) is 29.0 Å². The molecule has 3 rings (SSSR count). The van der Waals surface area contributed by atoms with Crippen molar-refractivity contribution in [3.63, 3.8) is 0 Å². The molecule has 1 aliphatic rings. The molecule has 1 unspecified atom stereocenters. The fraction of sp³-hybridized carbons (Fsp3) is 0.389. The minimum absolute atomic E-state index is 0.0102. The van der Waals surface area contributed by atoms with Crippen LogP contribution in [0.5, 0.6) is 5.75 Å². The van der Waals surface area contributed by atoms with Gasteiger partial charge in [-0.25, -0.2) is 0 Å². The summed E-state index contributed by atoms with van der Waals surface area (Å²) in [6, 6.07) is 7.47. The number of H-pyrrole nitrogens is 1. The Bertz CT molecular complexity index is 739. The number of nitrogens with one attached hydrogen (secondary N) is 3. The summed E-state index contributed by atoms with van der Waals surface area (Å²) in [6.07, 6.45) is 4.03. The van der Waals surface area contributed by atoms with Crippen molar-refractivity contribution in [2.45, 2.75) is 25.8 Å². The fourth-order valence-corrected chi connectivity index (χ4v) is 2.96. The third-order valence-electron chi connectivity index (χ3n) is 4.46. The Morgan fingerprint density at radius 3 is 2.84 bits per heavy atom. The third kappa shape index (κ3) is 4.37. The third-order valence-corrected chi connectivity index (χ3v) is 4.46. The van der Waals surface area contributed by atoms with E-state index >= 15 is 0 Å². The highest BCUT2D eigenvalue weighted by molar-refractivity contribution is 5.86. The lowest BCUT2D eigenvalue weighted by atomic mass is 9.87. The number of amides is 2. The zero-order valence-electron chi connectivity index (χ0n) is 14.2. The maximum Gasteiger partial charge on any atom is 0.239 e. The molecule has 0 bridgehead atoms. The van der Waals surface area contributed by atoms with Crippen molar-refractivity contribution in [1.82, 2.24) is 20.8 Å². The quantitative estimate of drug-likeness (QED) is 0.728. The highest BCUT2D eigenvalue weighted by Crippen LogP contribution is 2.23. The first-order chi connectivity index (χ1) is 12.2. The number of aromatic amines is 1. The number of aromatic nitrogens is 2. The number of nitrogens with zero attached hydrogens (tertiary/aromatic N) is 1. The molecule has 1 heterocycles. The highest BCUT2D eigenvalue weighted by atomic mass is 16.5. The fourth-order valence-electron chi connectivity index (χ4n) is 2.96. The van der Waals surface area contributed by atoms with E-state index in [1.807, 2.05) is 24.3 Å². The van der Waals surface area contributed by atoms with Crippen LogP contribution in [0.3, 0.4) is 0 Å². The zero-order chi connectivity index (χ0) is 17.6. The Morgan fingerprint density at radius 2 is 2.08 bits per heavy atom. The van der Waals surface area contributed by atoms with Gasteiger partial charge in [-0.3, -0.25) is 14.7 Å². The van der Waals surface area contributed by atoms with Crippen molar-refractivity contribution in [2.75, 3.05) is 13.7 Å². The van der Waals surface area contributed by atoms with Crippen LogP contribution >= 0.6 is 0 Å². The number of hydrogen-bond acceptors (Lipinski definition) is 4. The molecular formula is C18H22N4O3. The number of carbonyl (C=O) groups is 2. The normalized spacial score (nSPS) is 16.0. The minimum Gasteiger partial charge on any atom is -0.497 e. The zero-order valence-corrected chi connectivity index (χ0v) is 14.2. The molecule has 1 aromatic heterocycles. The van der Waals surface area contributed by atoms with E-state index in [0.717, 1.165) is 35.4 Å². The monoisotopic (exact) mass is 342 g/mol. The molecule has 2 aromatic rings. The second-order valence-corrected chi connectivity index (χ2v) is 6.16. The van der Waals surface area contributed by atoms with Gasteiger partial charge in [0, 0.05) is 18.2 Å². The first-order valence-electron chi connectivity index (χ1n) is 8.34. The molecule has 0 fully saturated rings. The van der Waals surface area contributed by atoms with Crippen molar-refractivity contribution in [3.05, 3.63) is 47.3 Å². The van der Waals surface area contributed by atoms with E-state index in [1.54, 1.807) is 13.3 Å². The SMILES string of the molecule is COc1ccc(CNC(=O)CNC(=O)C2CCc3[nH]ncc3C2)cc1. The summed E-state index contributed by atoms with van der Waals surface area (Å²) in [5, 5.41) is 12.5. The number of fused-ring (bicyclic) bond motifs is 1. The Hall–Kier alpha value is -2.83. The number of ether oxygens (including phenoxy) is 1. The molecule has 25 heavy (non-hydrogen) atoms. The Morgan fingerprint density at radius 1 is 1.28 bits per heavy atom. The van der Waals surface area contributed by atoms with Crippen LogP contribution in [0.4, 0.5) is 0 Å². The van der Waals surface area contributed by atoms with E-state index in [4.69, 9.17) is 4.74 Å². The van der Waals surface area contributed by atoms with Crippen LogP contribution in [0.15, 0.2) is 30.5 Å². The van der Waals surface area contributed by atoms with E-state index < -0.39 is 0 Å². The van der Waals surface area contributed by atoms with Gasteiger partial charge in [0.15, 0.2) is 0 Å². The summed E-state index contributed by atoms with van der Waals surface area (Å²) in [6.45, 7) is 0.407. The van der Waals surface area contributed by atoms with Gasteiger partial charge in [-0.05, 0) is 42.5 Å². The first-order valence-corrected chi connectivity index (χ1v) is 8.34.